The minimum Gasteiger partial charge on any atom is -0.303 e. The van der Waals surface area contributed by atoms with Gasteiger partial charge < -0.3 is 4.79 Å². The summed E-state index contributed by atoms with van der Waals surface area (Å²) in [7, 11) is 0. The van der Waals surface area contributed by atoms with Crippen LogP contribution in [0.2, 0.25) is 0 Å². The molecule has 1 atom stereocenters. The highest BCUT2D eigenvalue weighted by molar-refractivity contribution is 5.51. The van der Waals surface area contributed by atoms with Crippen molar-refractivity contribution in [1.29, 1.82) is 0 Å². The molecule has 0 saturated heterocycles. The van der Waals surface area contributed by atoms with E-state index in [2.05, 4.69) is 0 Å². The van der Waals surface area contributed by atoms with Crippen LogP contribution in [0.1, 0.15) is 31.7 Å². The van der Waals surface area contributed by atoms with Crippen molar-refractivity contribution in [3.8, 4) is 0 Å². The minimum absolute atomic E-state index is 0.00583. The van der Waals surface area contributed by atoms with Gasteiger partial charge in [0, 0.05) is 6.42 Å². The number of halogens is 1. The molecule has 14 heavy (non-hydrogen) atoms. The number of aldehydes is 1. The molecular formula is C12H15FO. The summed E-state index contributed by atoms with van der Waals surface area (Å²) in [5, 5.41) is 0. The third-order valence-electron chi connectivity index (χ3n) is 2.46. The van der Waals surface area contributed by atoms with Crippen LogP contribution in [0.25, 0.3) is 0 Å². The molecule has 1 aromatic rings. The van der Waals surface area contributed by atoms with Gasteiger partial charge in [0.05, 0.1) is 0 Å². The molecule has 1 unspecified atom stereocenters. The lowest BCUT2D eigenvalue weighted by atomic mass is 9.86. The zero-order valence-electron chi connectivity index (χ0n) is 8.53. The topological polar surface area (TPSA) is 17.1 Å². The van der Waals surface area contributed by atoms with Gasteiger partial charge in [0.25, 0.3) is 0 Å². The SMILES string of the molecule is CC(C)C(CC=O)c1ccccc1F. The van der Waals surface area contributed by atoms with Gasteiger partial charge in [-0.05, 0) is 23.5 Å². The Morgan fingerprint density at radius 2 is 2.00 bits per heavy atom. The predicted molar refractivity (Wildman–Crippen MR) is 54.7 cm³/mol. The van der Waals surface area contributed by atoms with E-state index < -0.39 is 0 Å². The zero-order valence-corrected chi connectivity index (χ0v) is 8.53. The van der Waals surface area contributed by atoms with Gasteiger partial charge in [-0.3, -0.25) is 0 Å². The Hall–Kier alpha value is -1.18. The van der Waals surface area contributed by atoms with Gasteiger partial charge in [-0.15, -0.1) is 0 Å². The van der Waals surface area contributed by atoms with E-state index in [1.165, 1.54) is 6.07 Å². The summed E-state index contributed by atoms with van der Waals surface area (Å²) in [6, 6.07) is 6.66. The molecule has 76 valence electrons. The maximum Gasteiger partial charge on any atom is 0.126 e. The van der Waals surface area contributed by atoms with Crippen molar-refractivity contribution in [2.24, 2.45) is 5.92 Å². The van der Waals surface area contributed by atoms with Crippen LogP contribution in [0.3, 0.4) is 0 Å². The first kappa shape index (κ1) is 10.9. The van der Waals surface area contributed by atoms with Gasteiger partial charge in [-0.1, -0.05) is 32.0 Å². The molecule has 0 heterocycles. The number of carbonyl (C=O) groups is 1. The van der Waals surface area contributed by atoms with Crippen LogP contribution in [0.15, 0.2) is 24.3 Å². The Bertz CT molecular complexity index is 307. The Balaban J connectivity index is 2.98. The standard InChI is InChI=1S/C12H15FO/c1-9(2)10(7-8-14)11-5-3-4-6-12(11)13/h3-6,8-10H,7H2,1-2H3. The maximum atomic E-state index is 13.4. The molecule has 0 saturated carbocycles. The summed E-state index contributed by atoms with van der Waals surface area (Å²) in [5.74, 6) is 0.0545. The second-order valence-electron chi connectivity index (χ2n) is 3.77. The monoisotopic (exact) mass is 194 g/mol. The van der Waals surface area contributed by atoms with Crippen LogP contribution in [0.4, 0.5) is 4.39 Å². The van der Waals surface area contributed by atoms with Crippen molar-refractivity contribution in [2.45, 2.75) is 26.2 Å². The van der Waals surface area contributed by atoms with Crippen LogP contribution < -0.4 is 0 Å². The molecule has 1 rings (SSSR count). The fraction of sp³-hybridized carbons (Fsp3) is 0.417. The van der Waals surface area contributed by atoms with Gasteiger partial charge in [-0.2, -0.15) is 0 Å². The first-order valence-corrected chi connectivity index (χ1v) is 4.85. The summed E-state index contributed by atoms with van der Waals surface area (Å²) in [6.07, 6.45) is 1.25. The number of hydrogen-bond acceptors (Lipinski definition) is 1. The molecule has 2 heteroatoms. The molecule has 0 spiro atoms. The van der Waals surface area contributed by atoms with E-state index in [0.29, 0.717) is 12.0 Å². The van der Waals surface area contributed by atoms with Gasteiger partial charge in [0.2, 0.25) is 0 Å². The molecule has 0 N–H and O–H groups in total. The summed E-state index contributed by atoms with van der Waals surface area (Å²) >= 11 is 0. The fourth-order valence-electron chi connectivity index (χ4n) is 1.64. The molecule has 0 bridgehead atoms. The molecule has 0 aliphatic rings. The van der Waals surface area contributed by atoms with Crippen LogP contribution in [0, 0.1) is 11.7 Å². The quantitative estimate of drug-likeness (QED) is 0.673. The molecule has 0 fully saturated rings. The van der Waals surface area contributed by atoms with Crippen molar-refractivity contribution >= 4 is 6.29 Å². The smallest absolute Gasteiger partial charge is 0.126 e. The minimum atomic E-state index is -0.215. The van der Waals surface area contributed by atoms with E-state index in [-0.39, 0.29) is 17.7 Å². The molecular weight excluding hydrogens is 179 g/mol. The first-order valence-electron chi connectivity index (χ1n) is 4.85. The summed E-state index contributed by atoms with van der Waals surface area (Å²) < 4.78 is 13.4. The number of carbonyl (C=O) groups excluding carboxylic acids is 1. The van der Waals surface area contributed by atoms with Gasteiger partial charge in [-0.25, -0.2) is 4.39 Å². The van der Waals surface area contributed by atoms with Crippen LogP contribution in [-0.4, -0.2) is 6.29 Å². The maximum absolute atomic E-state index is 13.4. The van der Waals surface area contributed by atoms with Crippen LogP contribution in [-0.2, 0) is 4.79 Å². The fourth-order valence-corrected chi connectivity index (χ4v) is 1.64. The second-order valence-corrected chi connectivity index (χ2v) is 3.77. The third-order valence-corrected chi connectivity index (χ3v) is 2.46. The van der Waals surface area contributed by atoms with E-state index in [1.54, 1.807) is 18.2 Å². The van der Waals surface area contributed by atoms with Gasteiger partial charge in [0.15, 0.2) is 0 Å². The van der Waals surface area contributed by atoms with E-state index in [9.17, 15) is 9.18 Å². The lowest BCUT2D eigenvalue weighted by Crippen LogP contribution is -2.09. The number of rotatable bonds is 4. The first-order chi connectivity index (χ1) is 6.66. The van der Waals surface area contributed by atoms with Crippen molar-refractivity contribution < 1.29 is 9.18 Å². The largest absolute Gasteiger partial charge is 0.303 e. The average Bonchev–Trinajstić information content (AvgIpc) is 2.15. The lowest BCUT2D eigenvalue weighted by molar-refractivity contribution is -0.108. The normalized spacial score (nSPS) is 12.9. The van der Waals surface area contributed by atoms with Crippen LogP contribution in [0.5, 0.6) is 0 Å². The Kier molecular flexibility index (Phi) is 3.81. The van der Waals surface area contributed by atoms with Crippen LogP contribution >= 0.6 is 0 Å². The molecule has 0 aliphatic carbocycles. The molecule has 0 aliphatic heterocycles. The van der Waals surface area contributed by atoms with Crippen molar-refractivity contribution in [3.05, 3.63) is 35.6 Å². The lowest BCUT2D eigenvalue weighted by Gasteiger charge is -2.19. The number of benzene rings is 1. The predicted octanol–water partition coefficient (Wildman–Crippen LogP) is 3.15. The average molecular weight is 194 g/mol. The Labute approximate surface area is 83.9 Å². The van der Waals surface area contributed by atoms with Crippen molar-refractivity contribution in [3.63, 3.8) is 0 Å². The molecule has 0 radical (unpaired) electrons. The third kappa shape index (κ3) is 2.41. The highest BCUT2D eigenvalue weighted by Crippen LogP contribution is 2.28. The zero-order chi connectivity index (χ0) is 10.6. The van der Waals surface area contributed by atoms with Gasteiger partial charge >= 0.3 is 0 Å². The molecule has 1 aromatic carbocycles. The molecule has 1 nitrogen and oxygen atoms in total. The molecule has 0 amide bonds. The van der Waals surface area contributed by atoms with E-state index in [4.69, 9.17) is 0 Å². The van der Waals surface area contributed by atoms with Crippen molar-refractivity contribution in [2.75, 3.05) is 0 Å². The summed E-state index contributed by atoms with van der Waals surface area (Å²) in [4.78, 5) is 10.5. The van der Waals surface area contributed by atoms with E-state index >= 15 is 0 Å². The van der Waals surface area contributed by atoms with E-state index in [1.807, 2.05) is 13.8 Å². The summed E-state index contributed by atoms with van der Waals surface area (Å²) in [6.45, 7) is 4.00. The van der Waals surface area contributed by atoms with E-state index in [0.717, 1.165) is 6.29 Å². The highest BCUT2D eigenvalue weighted by atomic mass is 19.1. The molecule has 0 aromatic heterocycles. The highest BCUT2D eigenvalue weighted by Gasteiger charge is 2.18. The van der Waals surface area contributed by atoms with Gasteiger partial charge in [0.1, 0.15) is 12.1 Å². The second kappa shape index (κ2) is 4.89. The number of hydrogen-bond donors (Lipinski definition) is 0. The van der Waals surface area contributed by atoms with Crippen molar-refractivity contribution in [1.82, 2.24) is 0 Å². The summed E-state index contributed by atoms with van der Waals surface area (Å²) in [5.41, 5.74) is 0.648. The Morgan fingerprint density at radius 3 is 2.50 bits per heavy atom. The Morgan fingerprint density at radius 1 is 1.36 bits per heavy atom.